The summed E-state index contributed by atoms with van der Waals surface area (Å²) < 4.78 is 36.2. The number of benzene rings is 1. The van der Waals surface area contributed by atoms with Crippen molar-refractivity contribution in [2.24, 2.45) is 0 Å². The molecule has 1 aromatic carbocycles. The van der Waals surface area contributed by atoms with Gasteiger partial charge in [0.1, 0.15) is 5.82 Å². The molecular weight excluding hydrogens is 279 g/mol. The Morgan fingerprint density at radius 3 is 2.55 bits per heavy atom. The van der Waals surface area contributed by atoms with E-state index in [9.17, 15) is 12.8 Å². The third-order valence-electron chi connectivity index (χ3n) is 3.24. The van der Waals surface area contributed by atoms with Crippen molar-refractivity contribution < 1.29 is 12.8 Å². The summed E-state index contributed by atoms with van der Waals surface area (Å²) in [6, 6.07) is 4.59. The zero-order chi connectivity index (χ0) is 15.3. The van der Waals surface area contributed by atoms with Gasteiger partial charge in [0, 0.05) is 38.1 Å². The van der Waals surface area contributed by atoms with Gasteiger partial charge in [-0.1, -0.05) is 13.0 Å². The first-order valence-corrected chi connectivity index (χ1v) is 8.49. The molecule has 0 aliphatic heterocycles. The fourth-order valence-corrected chi connectivity index (χ4v) is 2.67. The van der Waals surface area contributed by atoms with Gasteiger partial charge < -0.3 is 10.2 Å². The molecule has 1 N–H and O–H groups in total. The summed E-state index contributed by atoms with van der Waals surface area (Å²) in [4.78, 5) is 1.85. The van der Waals surface area contributed by atoms with Gasteiger partial charge in [-0.25, -0.2) is 12.8 Å². The standard InChI is InChI=1S/C14H23FN2O2S/c1-5-20(18,19)9-8-16-11(2)13-7-6-12(15)10-14(13)17(3)4/h6-7,10-11,16H,5,8-9H2,1-4H3/t11-/m0/s1. The molecule has 1 aromatic rings. The highest BCUT2D eigenvalue weighted by Gasteiger charge is 2.14. The summed E-state index contributed by atoms with van der Waals surface area (Å²) >= 11 is 0. The van der Waals surface area contributed by atoms with Crippen LogP contribution in [0.4, 0.5) is 10.1 Å². The van der Waals surface area contributed by atoms with Gasteiger partial charge in [0.2, 0.25) is 0 Å². The molecule has 1 atom stereocenters. The minimum absolute atomic E-state index is 0.0416. The van der Waals surface area contributed by atoms with Crippen molar-refractivity contribution in [1.29, 1.82) is 0 Å². The molecule has 0 saturated carbocycles. The number of rotatable bonds is 7. The van der Waals surface area contributed by atoms with Crippen molar-refractivity contribution >= 4 is 15.5 Å². The predicted octanol–water partition coefficient (Wildman–Crippen LogP) is 1.98. The zero-order valence-electron chi connectivity index (χ0n) is 12.5. The van der Waals surface area contributed by atoms with Crippen LogP contribution in [0.3, 0.4) is 0 Å². The maximum absolute atomic E-state index is 13.3. The largest absolute Gasteiger partial charge is 0.377 e. The lowest BCUT2D eigenvalue weighted by Crippen LogP contribution is -2.27. The van der Waals surface area contributed by atoms with E-state index in [1.807, 2.05) is 25.9 Å². The molecule has 0 aromatic heterocycles. The van der Waals surface area contributed by atoms with E-state index >= 15 is 0 Å². The second kappa shape index (κ2) is 7.04. The first-order chi connectivity index (χ1) is 9.26. The first-order valence-electron chi connectivity index (χ1n) is 6.67. The van der Waals surface area contributed by atoms with Crippen LogP contribution in [0.1, 0.15) is 25.5 Å². The summed E-state index contributed by atoms with van der Waals surface area (Å²) in [5.74, 6) is -0.00673. The molecule has 0 fully saturated rings. The Kier molecular flexibility index (Phi) is 5.95. The summed E-state index contributed by atoms with van der Waals surface area (Å²) in [7, 11) is 0.744. The Hall–Kier alpha value is -1.14. The molecule has 0 unspecified atom stereocenters. The van der Waals surface area contributed by atoms with Gasteiger partial charge in [-0.2, -0.15) is 0 Å². The normalized spacial score (nSPS) is 13.2. The van der Waals surface area contributed by atoms with Gasteiger partial charge in [0.05, 0.1) is 5.75 Å². The van der Waals surface area contributed by atoms with E-state index in [2.05, 4.69) is 5.32 Å². The lowest BCUT2D eigenvalue weighted by Gasteiger charge is -2.22. The predicted molar refractivity (Wildman–Crippen MR) is 81.5 cm³/mol. The van der Waals surface area contributed by atoms with Gasteiger partial charge in [-0.05, 0) is 24.6 Å². The van der Waals surface area contributed by atoms with Crippen LogP contribution in [0.5, 0.6) is 0 Å². The number of sulfone groups is 1. The molecule has 0 amide bonds. The van der Waals surface area contributed by atoms with Crippen molar-refractivity contribution in [1.82, 2.24) is 5.32 Å². The highest BCUT2D eigenvalue weighted by Crippen LogP contribution is 2.25. The van der Waals surface area contributed by atoms with Crippen molar-refractivity contribution in [2.75, 3.05) is 37.0 Å². The fourth-order valence-electron chi connectivity index (χ4n) is 1.96. The first kappa shape index (κ1) is 16.9. The van der Waals surface area contributed by atoms with Crippen molar-refractivity contribution in [3.05, 3.63) is 29.6 Å². The molecule has 0 saturated heterocycles. The van der Waals surface area contributed by atoms with Gasteiger partial charge in [-0.3, -0.25) is 0 Å². The van der Waals surface area contributed by atoms with Crippen LogP contribution in [0.25, 0.3) is 0 Å². The maximum Gasteiger partial charge on any atom is 0.151 e. The SMILES string of the molecule is CCS(=O)(=O)CCN[C@@H](C)c1ccc(F)cc1N(C)C. The molecular formula is C14H23FN2O2S. The molecule has 1 rings (SSSR count). The van der Waals surface area contributed by atoms with Crippen LogP contribution in [-0.2, 0) is 9.84 Å². The minimum atomic E-state index is -2.96. The van der Waals surface area contributed by atoms with E-state index in [0.29, 0.717) is 6.54 Å². The number of nitrogens with zero attached hydrogens (tertiary/aromatic N) is 1. The summed E-state index contributed by atoms with van der Waals surface area (Å²) in [5.41, 5.74) is 1.74. The topological polar surface area (TPSA) is 49.4 Å². The third kappa shape index (κ3) is 4.76. The van der Waals surface area contributed by atoms with Gasteiger partial charge in [-0.15, -0.1) is 0 Å². The molecule has 6 heteroatoms. The maximum atomic E-state index is 13.3. The number of hydrogen-bond donors (Lipinski definition) is 1. The van der Waals surface area contributed by atoms with Gasteiger partial charge in [0.15, 0.2) is 9.84 Å². The Balaban J connectivity index is 2.75. The number of anilines is 1. The number of hydrogen-bond acceptors (Lipinski definition) is 4. The highest BCUT2D eigenvalue weighted by atomic mass is 32.2. The Morgan fingerprint density at radius 1 is 1.35 bits per heavy atom. The Labute approximate surface area is 120 Å². The van der Waals surface area contributed by atoms with Gasteiger partial charge >= 0.3 is 0 Å². The van der Waals surface area contributed by atoms with E-state index < -0.39 is 9.84 Å². The van der Waals surface area contributed by atoms with Crippen molar-refractivity contribution in [3.8, 4) is 0 Å². The second-order valence-corrected chi connectivity index (χ2v) is 7.48. The Morgan fingerprint density at radius 2 is 2.00 bits per heavy atom. The lowest BCUT2D eigenvalue weighted by molar-refractivity contribution is 0.571. The zero-order valence-corrected chi connectivity index (χ0v) is 13.3. The summed E-state index contributed by atoms with van der Waals surface area (Å²) in [5, 5.41) is 3.18. The highest BCUT2D eigenvalue weighted by molar-refractivity contribution is 7.91. The molecule has 114 valence electrons. The van der Waals surface area contributed by atoms with Gasteiger partial charge in [0.25, 0.3) is 0 Å². The molecule has 4 nitrogen and oxygen atoms in total. The van der Waals surface area contributed by atoms with Crippen LogP contribution in [0.15, 0.2) is 18.2 Å². The average Bonchev–Trinajstić information content (AvgIpc) is 2.38. The van der Waals surface area contributed by atoms with E-state index in [-0.39, 0.29) is 23.4 Å². The van der Waals surface area contributed by atoms with E-state index in [1.54, 1.807) is 13.0 Å². The quantitative estimate of drug-likeness (QED) is 0.837. The average molecular weight is 302 g/mol. The monoisotopic (exact) mass is 302 g/mol. The molecule has 0 aliphatic rings. The molecule has 20 heavy (non-hydrogen) atoms. The summed E-state index contributed by atoms with van der Waals surface area (Å²) in [6.07, 6.45) is 0. The van der Waals surface area contributed by atoms with Crippen LogP contribution in [0, 0.1) is 5.82 Å². The molecule has 0 bridgehead atoms. The third-order valence-corrected chi connectivity index (χ3v) is 4.95. The van der Waals surface area contributed by atoms with Crippen molar-refractivity contribution in [3.63, 3.8) is 0 Å². The van der Waals surface area contributed by atoms with Crippen LogP contribution < -0.4 is 10.2 Å². The Bertz CT molecular complexity index is 544. The molecule has 0 aliphatic carbocycles. The second-order valence-electron chi connectivity index (χ2n) is 5.01. The van der Waals surface area contributed by atoms with E-state index in [4.69, 9.17) is 0 Å². The lowest BCUT2D eigenvalue weighted by atomic mass is 10.1. The smallest absolute Gasteiger partial charge is 0.151 e. The van der Waals surface area contributed by atoms with E-state index in [0.717, 1.165) is 11.3 Å². The number of halogens is 1. The number of nitrogens with one attached hydrogen (secondary N) is 1. The van der Waals surface area contributed by atoms with Crippen LogP contribution in [0.2, 0.25) is 0 Å². The van der Waals surface area contributed by atoms with Crippen molar-refractivity contribution in [2.45, 2.75) is 19.9 Å². The van der Waals surface area contributed by atoms with Crippen LogP contribution >= 0.6 is 0 Å². The molecule has 0 spiro atoms. The van der Waals surface area contributed by atoms with Crippen LogP contribution in [-0.4, -0.2) is 40.6 Å². The molecule has 0 radical (unpaired) electrons. The van der Waals surface area contributed by atoms with E-state index in [1.165, 1.54) is 12.1 Å². The molecule has 0 heterocycles. The minimum Gasteiger partial charge on any atom is -0.377 e. The fraction of sp³-hybridized carbons (Fsp3) is 0.571. The summed E-state index contributed by atoms with van der Waals surface area (Å²) in [6.45, 7) is 3.98.